The van der Waals surface area contributed by atoms with Crippen LogP contribution in [0.4, 0.5) is 0 Å². The molecule has 0 aliphatic heterocycles. The van der Waals surface area contributed by atoms with Crippen LogP contribution in [0.3, 0.4) is 0 Å². The first-order chi connectivity index (χ1) is 6.29. The van der Waals surface area contributed by atoms with Gasteiger partial charge < -0.3 is 4.57 Å². The average molecular weight is 237 g/mol. The van der Waals surface area contributed by atoms with Gasteiger partial charge in [0.1, 0.15) is 0 Å². The van der Waals surface area contributed by atoms with Crippen LogP contribution in [0.15, 0.2) is 41.4 Å². The summed E-state index contributed by atoms with van der Waals surface area (Å²) in [5.74, 6) is 0. The minimum Gasteiger partial charge on any atom is -0.306 e. The Morgan fingerprint density at radius 2 is 2.23 bits per heavy atom. The number of imidazole rings is 1. The molecule has 0 saturated heterocycles. The normalized spacial score (nSPS) is 10.3. The van der Waals surface area contributed by atoms with Gasteiger partial charge in [-0.15, -0.1) is 0 Å². The summed E-state index contributed by atoms with van der Waals surface area (Å²) >= 11 is 3.50. The molecule has 0 amide bonds. The third-order valence-corrected chi connectivity index (χ3v) is 2.88. The van der Waals surface area contributed by atoms with E-state index in [2.05, 4.69) is 33.9 Å². The van der Waals surface area contributed by atoms with Crippen LogP contribution in [0.2, 0.25) is 0 Å². The summed E-state index contributed by atoms with van der Waals surface area (Å²) in [6.07, 6.45) is 5.52. The van der Waals surface area contributed by atoms with E-state index in [9.17, 15) is 0 Å². The predicted molar refractivity (Wildman–Crippen MR) is 56.0 cm³/mol. The van der Waals surface area contributed by atoms with E-state index in [1.807, 2.05) is 22.9 Å². The van der Waals surface area contributed by atoms with Crippen LogP contribution in [0.1, 0.15) is 5.56 Å². The molecule has 0 spiro atoms. The Morgan fingerprint density at radius 3 is 2.92 bits per heavy atom. The highest BCUT2D eigenvalue weighted by Gasteiger charge is 2.01. The fourth-order valence-corrected chi connectivity index (χ4v) is 1.63. The van der Waals surface area contributed by atoms with Gasteiger partial charge in [-0.2, -0.15) is 0 Å². The Bertz CT molecular complexity index is 407. The zero-order valence-corrected chi connectivity index (χ0v) is 8.82. The first kappa shape index (κ1) is 8.51. The molecule has 0 bridgehead atoms. The maximum Gasteiger partial charge on any atom is 0.0991 e. The van der Waals surface area contributed by atoms with E-state index in [1.54, 1.807) is 12.5 Å². The molecule has 0 fully saturated rings. The summed E-state index contributed by atoms with van der Waals surface area (Å²) in [6.45, 7) is 2.08. The van der Waals surface area contributed by atoms with Crippen molar-refractivity contribution in [2.45, 2.75) is 6.92 Å². The molecule has 2 rings (SSSR count). The molecule has 1 heterocycles. The van der Waals surface area contributed by atoms with Gasteiger partial charge in [0.2, 0.25) is 0 Å². The zero-order valence-electron chi connectivity index (χ0n) is 7.24. The van der Waals surface area contributed by atoms with Crippen molar-refractivity contribution in [3.8, 4) is 5.69 Å². The number of halogens is 1. The molecular weight excluding hydrogens is 228 g/mol. The Labute approximate surface area is 85.4 Å². The van der Waals surface area contributed by atoms with Crippen LogP contribution in [-0.4, -0.2) is 9.55 Å². The molecule has 2 aromatic rings. The largest absolute Gasteiger partial charge is 0.306 e. The predicted octanol–water partition coefficient (Wildman–Crippen LogP) is 2.94. The second-order valence-corrected chi connectivity index (χ2v) is 3.71. The van der Waals surface area contributed by atoms with E-state index in [0.29, 0.717) is 0 Å². The quantitative estimate of drug-likeness (QED) is 0.745. The summed E-state index contributed by atoms with van der Waals surface area (Å²) in [7, 11) is 0. The number of rotatable bonds is 1. The Hall–Kier alpha value is -1.09. The van der Waals surface area contributed by atoms with Gasteiger partial charge in [0.15, 0.2) is 0 Å². The first-order valence-corrected chi connectivity index (χ1v) is 4.82. The standard InChI is InChI=1S/C10H9BrN2/c1-8-9(11)3-2-4-10(8)13-6-5-12-7-13/h2-7H,1H3. The van der Waals surface area contributed by atoms with Crippen molar-refractivity contribution in [3.63, 3.8) is 0 Å². The molecule has 0 aliphatic rings. The molecule has 1 aromatic heterocycles. The van der Waals surface area contributed by atoms with Crippen LogP contribution < -0.4 is 0 Å². The lowest BCUT2D eigenvalue weighted by Crippen LogP contribution is -1.93. The van der Waals surface area contributed by atoms with E-state index >= 15 is 0 Å². The zero-order chi connectivity index (χ0) is 9.26. The van der Waals surface area contributed by atoms with Gasteiger partial charge in [0, 0.05) is 16.9 Å². The summed E-state index contributed by atoms with van der Waals surface area (Å²) in [5.41, 5.74) is 2.38. The number of aromatic nitrogens is 2. The molecular formula is C10H9BrN2. The Morgan fingerprint density at radius 1 is 1.38 bits per heavy atom. The van der Waals surface area contributed by atoms with Crippen molar-refractivity contribution in [1.82, 2.24) is 9.55 Å². The summed E-state index contributed by atoms with van der Waals surface area (Å²) in [4.78, 5) is 4.02. The molecule has 0 N–H and O–H groups in total. The SMILES string of the molecule is Cc1c(Br)cccc1-n1ccnc1. The third-order valence-electron chi connectivity index (χ3n) is 2.02. The van der Waals surface area contributed by atoms with Crippen molar-refractivity contribution >= 4 is 15.9 Å². The smallest absolute Gasteiger partial charge is 0.0991 e. The molecule has 0 radical (unpaired) electrons. The fraction of sp³-hybridized carbons (Fsp3) is 0.100. The minimum absolute atomic E-state index is 1.12. The lowest BCUT2D eigenvalue weighted by atomic mass is 10.2. The van der Waals surface area contributed by atoms with Gasteiger partial charge in [-0.1, -0.05) is 22.0 Å². The number of benzene rings is 1. The topological polar surface area (TPSA) is 17.8 Å². The lowest BCUT2D eigenvalue weighted by Gasteiger charge is -2.07. The maximum absolute atomic E-state index is 4.02. The minimum atomic E-state index is 1.12. The second-order valence-electron chi connectivity index (χ2n) is 2.85. The van der Waals surface area contributed by atoms with Gasteiger partial charge in [0.05, 0.1) is 12.0 Å². The molecule has 13 heavy (non-hydrogen) atoms. The molecule has 66 valence electrons. The van der Waals surface area contributed by atoms with Crippen molar-refractivity contribution in [2.75, 3.05) is 0 Å². The summed E-state index contributed by atoms with van der Waals surface area (Å²) in [5, 5.41) is 0. The molecule has 2 nitrogen and oxygen atoms in total. The van der Waals surface area contributed by atoms with Crippen LogP contribution in [0.5, 0.6) is 0 Å². The molecule has 3 heteroatoms. The maximum atomic E-state index is 4.02. The van der Waals surface area contributed by atoms with Gasteiger partial charge >= 0.3 is 0 Å². The molecule has 1 aromatic carbocycles. The van der Waals surface area contributed by atoms with E-state index in [4.69, 9.17) is 0 Å². The van der Waals surface area contributed by atoms with E-state index in [-0.39, 0.29) is 0 Å². The number of hydrogen-bond donors (Lipinski definition) is 0. The fourth-order valence-electron chi connectivity index (χ4n) is 1.28. The van der Waals surface area contributed by atoms with Gasteiger partial charge in [-0.25, -0.2) is 4.98 Å². The van der Waals surface area contributed by atoms with Crippen LogP contribution in [0, 0.1) is 6.92 Å². The van der Waals surface area contributed by atoms with E-state index in [1.165, 1.54) is 5.56 Å². The molecule has 0 unspecified atom stereocenters. The number of nitrogens with zero attached hydrogens (tertiary/aromatic N) is 2. The Balaban J connectivity index is 2.59. The highest BCUT2D eigenvalue weighted by molar-refractivity contribution is 9.10. The highest BCUT2D eigenvalue weighted by atomic mass is 79.9. The highest BCUT2D eigenvalue weighted by Crippen LogP contribution is 2.21. The van der Waals surface area contributed by atoms with E-state index in [0.717, 1.165) is 10.2 Å². The van der Waals surface area contributed by atoms with Crippen LogP contribution >= 0.6 is 15.9 Å². The monoisotopic (exact) mass is 236 g/mol. The van der Waals surface area contributed by atoms with Crippen molar-refractivity contribution in [2.24, 2.45) is 0 Å². The first-order valence-electron chi connectivity index (χ1n) is 4.02. The molecule has 0 aliphatic carbocycles. The number of hydrogen-bond acceptors (Lipinski definition) is 1. The van der Waals surface area contributed by atoms with Gasteiger partial charge in [-0.3, -0.25) is 0 Å². The molecule has 0 atom stereocenters. The van der Waals surface area contributed by atoms with Crippen LogP contribution in [-0.2, 0) is 0 Å². The second kappa shape index (κ2) is 3.34. The summed E-state index contributed by atoms with van der Waals surface area (Å²) < 4.78 is 3.12. The average Bonchev–Trinajstić information content (AvgIpc) is 2.62. The van der Waals surface area contributed by atoms with Crippen LogP contribution in [0.25, 0.3) is 5.69 Å². The van der Waals surface area contributed by atoms with E-state index < -0.39 is 0 Å². The van der Waals surface area contributed by atoms with Crippen molar-refractivity contribution in [1.29, 1.82) is 0 Å². The lowest BCUT2D eigenvalue weighted by molar-refractivity contribution is 1.04. The van der Waals surface area contributed by atoms with Gasteiger partial charge in [-0.05, 0) is 24.6 Å². The summed E-state index contributed by atoms with van der Waals surface area (Å²) in [6, 6.07) is 6.13. The van der Waals surface area contributed by atoms with Gasteiger partial charge in [0.25, 0.3) is 0 Å². The molecule has 0 saturated carbocycles. The Kier molecular flexibility index (Phi) is 2.19. The van der Waals surface area contributed by atoms with Crippen molar-refractivity contribution < 1.29 is 0 Å². The third kappa shape index (κ3) is 1.52. The van der Waals surface area contributed by atoms with Crippen molar-refractivity contribution in [3.05, 3.63) is 47.0 Å².